The maximum atomic E-state index is 12.6. The molecule has 0 fully saturated rings. The van der Waals surface area contributed by atoms with Crippen LogP contribution < -0.4 is 15.5 Å². The lowest BCUT2D eigenvalue weighted by Gasteiger charge is -2.22. The number of hydrogen-bond acceptors (Lipinski definition) is 5. The molecule has 0 aliphatic rings. The van der Waals surface area contributed by atoms with Crippen LogP contribution in [-0.4, -0.2) is 24.0 Å². The van der Waals surface area contributed by atoms with E-state index in [4.69, 9.17) is 0 Å². The molecule has 0 saturated heterocycles. The average Bonchev–Trinajstić information content (AvgIpc) is 2.77. The molecule has 6 nitrogen and oxygen atoms in total. The van der Waals surface area contributed by atoms with E-state index < -0.39 is 0 Å². The van der Waals surface area contributed by atoms with Crippen LogP contribution in [0.4, 0.5) is 22.9 Å². The van der Waals surface area contributed by atoms with E-state index in [1.54, 1.807) is 24.3 Å². The molecule has 3 aromatic rings. The van der Waals surface area contributed by atoms with Crippen molar-refractivity contribution in [1.82, 2.24) is 4.98 Å². The summed E-state index contributed by atoms with van der Waals surface area (Å²) in [5, 5.41) is 15.2. The molecule has 1 aromatic heterocycles. The molecule has 152 valence electrons. The van der Waals surface area contributed by atoms with E-state index in [9.17, 15) is 10.1 Å². The number of pyridine rings is 1. The van der Waals surface area contributed by atoms with Crippen LogP contribution in [0, 0.1) is 18.3 Å². The van der Waals surface area contributed by atoms with E-state index in [1.165, 1.54) is 6.20 Å². The minimum absolute atomic E-state index is 0.217. The molecule has 0 bridgehead atoms. The Hall–Kier alpha value is -3.85. The number of nitrogens with one attached hydrogen (secondary N) is 2. The van der Waals surface area contributed by atoms with Gasteiger partial charge < -0.3 is 15.5 Å². The lowest BCUT2D eigenvalue weighted by atomic mass is 10.1. The summed E-state index contributed by atoms with van der Waals surface area (Å²) in [4.78, 5) is 19.2. The normalized spacial score (nSPS) is 10.2. The molecule has 0 radical (unpaired) electrons. The average molecular weight is 399 g/mol. The Bertz CT molecular complexity index is 1070. The molecule has 0 spiro atoms. The number of benzene rings is 2. The summed E-state index contributed by atoms with van der Waals surface area (Å²) in [6, 6.07) is 18.8. The highest BCUT2D eigenvalue weighted by atomic mass is 16.1. The van der Waals surface area contributed by atoms with Crippen molar-refractivity contribution < 1.29 is 4.79 Å². The van der Waals surface area contributed by atoms with Crippen LogP contribution in [0.2, 0.25) is 0 Å². The Labute approximate surface area is 177 Å². The lowest BCUT2D eigenvalue weighted by molar-refractivity contribution is 0.102. The third kappa shape index (κ3) is 4.76. The Morgan fingerprint density at radius 2 is 1.83 bits per heavy atom. The van der Waals surface area contributed by atoms with Gasteiger partial charge in [0.15, 0.2) is 0 Å². The quantitative estimate of drug-likeness (QED) is 0.577. The summed E-state index contributed by atoms with van der Waals surface area (Å²) in [5.74, 6) is 0.346. The Morgan fingerprint density at radius 3 is 2.47 bits per heavy atom. The van der Waals surface area contributed by atoms with Gasteiger partial charge in [0, 0.05) is 30.7 Å². The lowest BCUT2D eigenvalue weighted by Crippen LogP contribution is -2.22. The largest absolute Gasteiger partial charge is 0.372 e. The number of rotatable bonds is 7. The number of anilines is 4. The molecule has 2 aromatic carbocycles. The van der Waals surface area contributed by atoms with E-state index in [0.29, 0.717) is 22.6 Å². The van der Waals surface area contributed by atoms with E-state index >= 15 is 0 Å². The first kappa shape index (κ1) is 20.9. The van der Waals surface area contributed by atoms with Gasteiger partial charge in [-0.2, -0.15) is 5.26 Å². The molecule has 1 heterocycles. The molecule has 3 rings (SSSR count). The van der Waals surface area contributed by atoms with Gasteiger partial charge in [-0.15, -0.1) is 0 Å². The highest BCUT2D eigenvalue weighted by Crippen LogP contribution is 2.23. The highest BCUT2D eigenvalue weighted by molar-refractivity contribution is 6.04. The van der Waals surface area contributed by atoms with Crippen molar-refractivity contribution in [3.05, 3.63) is 77.5 Å². The van der Waals surface area contributed by atoms with Crippen LogP contribution in [0.15, 0.2) is 60.8 Å². The summed E-state index contributed by atoms with van der Waals surface area (Å²) in [5.41, 5.74) is 4.60. The minimum atomic E-state index is -0.217. The molecule has 30 heavy (non-hydrogen) atoms. The van der Waals surface area contributed by atoms with Crippen molar-refractivity contribution in [2.24, 2.45) is 0 Å². The molecular weight excluding hydrogens is 374 g/mol. The maximum Gasteiger partial charge on any atom is 0.257 e. The van der Waals surface area contributed by atoms with Crippen molar-refractivity contribution >= 4 is 28.8 Å². The zero-order valence-corrected chi connectivity index (χ0v) is 17.4. The van der Waals surface area contributed by atoms with Crippen molar-refractivity contribution in [3.63, 3.8) is 0 Å². The molecule has 1 amide bonds. The van der Waals surface area contributed by atoms with Crippen molar-refractivity contribution in [2.45, 2.75) is 20.8 Å². The van der Waals surface area contributed by atoms with E-state index in [0.717, 1.165) is 30.0 Å². The van der Waals surface area contributed by atoms with Gasteiger partial charge in [0.1, 0.15) is 11.9 Å². The van der Waals surface area contributed by atoms with Crippen LogP contribution >= 0.6 is 0 Å². The molecule has 6 heteroatoms. The topological polar surface area (TPSA) is 81.0 Å². The summed E-state index contributed by atoms with van der Waals surface area (Å²) >= 11 is 0. The Balaban J connectivity index is 1.70. The number of carbonyl (C=O) groups is 1. The van der Waals surface area contributed by atoms with Gasteiger partial charge in [-0.1, -0.05) is 12.1 Å². The predicted molar refractivity (Wildman–Crippen MR) is 121 cm³/mol. The second kappa shape index (κ2) is 9.57. The smallest absolute Gasteiger partial charge is 0.257 e. The minimum Gasteiger partial charge on any atom is -0.372 e. The van der Waals surface area contributed by atoms with Gasteiger partial charge in [0.05, 0.1) is 16.8 Å². The summed E-state index contributed by atoms with van der Waals surface area (Å²) < 4.78 is 0. The van der Waals surface area contributed by atoms with Gasteiger partial charge in [-0.25, -0.2) is 4.98 Å². The molecule has 2 N–H and O–H groups in total. The SMILES string of the molecule is CCN(CC)c1ccc(NC(=O)c2ccc(Nc3ccccc3C#N)nc2)c(C)c1. The number of nitrogens with zero attached hydrogens (tertiary/aromatic N) is 3. The van der Waals surface area contributed by atoms with Crippen LogP contribution in [-0.2, 0) is 0 Å². The first-order valence-corrected chi connectivity index (χ1v) is 9.94. The van der Waals surface area contributed by atoms with Gasteiger partial charge in [-0.05, 0) is 68.8 Å². The third-order valence-electron chi connectivity index (χ3n) is 4.92. The van der Waals surface area contributed by atoms with Crippen LogP contribution in [0.3, 0.4) is 0 Å². The maximum absolute atomic E-state index is 12.6. The zero-order valence-electron chi connectivity index (χ0n) is 17.4. The van der Waals surface area contributed by atoms with E-state index in [1.807, 2.05) is 31.2 Å². The van der Waals surface area contributed by atoms with Crippen LogP contribution in [0.25, 0.3) is 0 Å². The number of hydrogen-bond donors (Lipinski definition) is 2. The fraction of sp³-hybridized carbons (Fsp3) is 0.208. The van der Waals surface area contributed by atoms with Crippen molar-refractivity contribution in [2.75, 3.05) is 28.6 Å². The second-order valence-corrected chi connectivity index (χ2v) is 6.84. The van der Waals surface area contributed by atoms with Gasteiger partial charge in [-0.3, -0.25) is 4.79 Å². The predicted octanol–water partition coefficient (Wildman–Crippen LogP) is 5.10. The number of aromatic nitrogens is 1. The van der Waals surface area contributed by atoms with Gasteiger partial charge in [0.2, 0.25) is 0 Å². The number of aryl methyl sites for hydroxylation is 1. The van der Waals surface area contributed by atoms with E-state index in [2.05, 4.69) is 46.5 Å². The monoisotopic (exact) mass is 399 g/mol. The Morgan fingerprint density at radius 1 is 1.07 bits per heavy atom. The fourth-order valence-corrected chi connectivity index (χ4v) is 3.20. The van der Waals surface area contributed by atoms with Crippen LogP contribution in [0.1, 0.15) is 35.3 Å². The Kier molecular flexibility index (Phi) is 6.66. The van der Waals surface area contributed by atoms with Gasteiger partial charge >= 0.3 is 0 Å². The number of nitriles is 1. The fourth-order valence-electron chi connectivity index (χ4n) is 3.20. The first-order chi connectivity index (χ1) is 14.5. The van der Waals surface area contributed by atoms with Crippen molar-refractivity contribution in [3.8, 4) is 6.07 Å². The first-order valence-electron chi connectivity index (χ1n) is 9.94. The molecule has 0 saturated carbocycles. The molecule has 0 aliphatic carbocycles. The van der Waals surface area contributed by atoms with Gasteiger partial charge in [0.25, 0.3) is 5.91 Å². The highest BCUT2D eigenvalue weighted by Gasteiger charge is 2.11. The van der Waals surface area contributed by atoms with E-state index in [-0.39, 0.29) is 5.91 Å². The molecule has 0 unspecified atom stereocenters. The standard InChI is InChI=1S/C24H25N5O/c1-4-29(5-2)20-11-12-21(17(3)14-20)28-24(30)19-10-13-23(26-16-19)27-22-9-7-6-8-18(22)15-25/h6-14,16H,4-5H2,1-3H3,(H,26,27)(H,28,30). The summed E-state index contributed by atoms with van der Waals surface area (Å²) in [7, 11) is 0. The number of carbonyl (C=O) groups excluding carboxylic acids is 1. The summed E-state index contributed by atoms with van der Waals surface area (Å²) in [6.45, 7) is 8.11. The number of amides is 1. The molecule has 0 aliphatic heterocycles. The summed E-state index contributed by atoms with van der Waals surface area (Å²) in [6.07, 6.45) is 1.52. The van der Waals surface area contributed by atoms with Crippen molar-refractivity contribution in [1.29, 1.82) is 5.26 Å². The second-order valence-electron chi connectivity index (χ2n) is 6.84. The van der Waals surface area contributed by atoms with Crippen LogP contribution in [0.5, 0.6) is 0 Å². The number of para-hydroxylation sites is 1. The zero-order chi connectivity index (χ0) is 21.5. The molecule has 0 atom stereocenters. The third-order valence-corrected chi connectivity index (χ3v) is 4.92. The molecular formula is C24H25N5O.